The molecule has 0 aliphatic rings. The molecular formula is C30H50N2O2. The number of imidazole rings is 1. The second kappa shape index (κ2) is 19.6. The topological polar surface area (TPSA) is 36.3 Å². The van der Waals surface area contributed by atoms with Crippen molar-refractivity contribution in [3.05, 3.63) is 54.6 Å². The molecule has 0 N–H and O–H groups in total. The molecule has 4 nitrogen and oxygen atoms in total. The summed E-state index contributed by atoms with van der Waals surface area (Å²) in [7, 11) is 0. The average Bonchev–Trinajstić information content (AvgIpc) is 3.36. The smallest absolute Gasteiger partial charge is 0.0945 e. The Balaban J connectivity index is 1.34. The Morgan fingerprint density at radius 1 is 0.794 bits per heavy atom. The van der Waals surface area contributed by atoms with Crippen molar-refractivity contribution in [1.82, 2.24) is 9.55 Å². The number of hydrogen-bond acceptors (Lipinski definition) is 3. The van der Waals surface area contributed by atoms with E-state index in [1.165, 1.54) is 82.6 Å². The number of aromatic nitrogens is 2. The van der Waals surface area contributed by atoms with E-state index < -0.39 is 0 Å². The molecule has 0 aliphatic carbocycles. The highest BCUT2D eigenvalue weighted by molar-refractivity contribution is 5.13. The number of nitrogens with zero attached hydrogens (tertiary/aromatic N) is 2. The number of ether oxygens (including phenoxy) is 2. The van der Waals surface area contributed by atoms with Gasteiger partial charge in [0.05, 0.1) is 25.6 Å². The lowest BCUT2D eigenvalue weighted by Crippen LogP contribution is -2.22. The van der Waals surface area contributed by atoms with Gasteiger partial charge in [0.1, 0.15) is 0 Å². The van der Waals surface area contributed by atoms with Crippen LogP contribution in [0.5, 0.6) is 0 Å². The Hall–Kier alpha value is -1.65. The number of aryl methyl sites for hydroxylation is 1. The molecule has 1 aromatic heterocycles. The first-order chi connectivity index (χ1) is 16.7. The molecule has 0 radical (unpaired) electrons. The molecule has 0 bridgehead atoms. The van der Waals surface area contributed by atoms with E-state index in [1.807, 2.05) is 18.6 Å². The van der Waals surface area contributed by atoms with Crippen LogP contribution in [0.4, 0.5) is 0 Å². The molecule has 0 fully saturated rings. The first-order valence-electron chi connectivity index (χ1n) is 13.9. The van der Waals surface area contributed by atoms with Gasteiger partial charge in [-0.15, -0.1) is 0 Å². The third-order valence-corrected chi connectivity index (χ3v) is 6.38. The highest BCUT2D eigenvalue weighted by Crippen LogP contribution is 2.14. The summed E-state index contributed by atoms with van der Waals surface area (Å²) in [5, 5.41) is 0. The summed E-state index contributed by atoms with van der Waals surface area (Å²) < 4.78 is 14.3. The van der Waals surface area contributed by atoms with Crippen LogP contribution in [-0.2, 0) is 22.6 Å². The molecule has 4 heteroatoms. The highest BCUT2D eigenvalue weighted by atomic mass is 16.5. The summed E-state index contributed by atoms with van der Waals surface area (Å²) in [5.74, 6) is 0.622. The summed E-state index contributed by atoms with van der Waals surface area (Å²) in [5.41, 5.74) is 1.23. The zero-order chi connectivity index (χ0) is 24.1. The van der Waals surface area contributed by atoms with E-state index in [0.29, 0.717) is 19.1 Å². The Bertz CT molecular complexity index is 672. The molecule has 2 aromatic rings. The van der Waals surface area contributed by atoms with Gasteiger partial charge in [0.25, 0.3) is 0 Å². The number of hydrogen-bond donors (Lipinski definition) is 0. The first kappa shape index (κ1) is 28.6. The van der Waals surface area contributed by atoms with Crippen molar-refractivity contribution in [1.29, 1.82) is 0 Å². The minimum absolute atomic E-state index is 0.192. The van der Waals surface area contributed by atoms with Crippen LogP contribution < -0.4 is 0 Å². The summed E-state index contributed by atoms with van der Waals surface area (Å²) in [4.78, 5) is 4.09. The molecule has 0 saturated heterocycles. The standard InChI is InChI=1S/C30H50N2O2/c1-28(2)24-30(34-25-29-18-14-13-15-19-29)26-33-23-17-12-10-8-6-4-3-5-7-9-11-16-21-32-22-20-31-27-32/h13-15,18-20,22,27-28,30H,3-12,16-17,21,23-26H2,1-2H3. The van der Waals surface area contributed by atoms with Gasteiger partial charge >= 0.3 is 0 Å². The quantitative estimate of drug-likeness (QED) is 0.163. The lowest BCUT2D eigenvalue weighted by atomic mass is 10.1. The van der Waals surface area contributed by atoms with Gasteiger partial charge < -0.3 is 14.0 Å². The monoisotopic (exact) mass is 470 g/mol. The van der Waals surface area contributed by atoms with Crippen LogP contribution >= 0.6 is 0 Å². The molecular weight excluding hydrogens is 420 g/mol. The van der Waals surface area contributed by atoms with Crippen molar-refractivity contribution in [3.8, 4) is 0 Å². The predicted molar refractivity (Wildman–Crippen MR) is 143 cm³/mol. The molecule has 1 atom stereocenters. The Morgan fingerprint density at radius 2 is 1.41 bits per heavy atom. The normalized spacial score (nSPS) is 12.4. The van der Waals surface area contributed by atoms with Gasteiger partial charge in [0.15, 0.2) is 0 Å². The van der Waals surface area contributed by atoms with E-state index in [2.05, 4.69) is 53.9 Å². The van der Waals surface area contributed by atoms with Crippen LogP contribution in [0, 0.1) is 5.92 Å². The Kier molecular flexibility index (Phi) is 16.5. The second-order valence-corrected chi connectivity index (χ2v) is 10.2. The maximum atomic E-state index is 6.15. The molecule has 0 aliphatic heterocycles. The van der Waals surface area contributed by atoms with Crippen molar-refractivity contribution < 1.29 is 9.47 Å². The lowest BCUT2D eigenvalue weighted by molar-refractivity contribution is -0.0346. The number of benzene rings is 1. The lowest BCUT2D eigenvalue weighted by Gasteiger charge is -2.20. The first-order valence-corrected chi connectivity index (χ1v) is 13.9. The molecule has 0 saturated carbocycles. The summed E-state index contributed by atoms with van der Waals surface area (Å²) >= 11 is 0. The molecule has 1 heterocycles. The number of rotatable bonds is 22. The van der Waals surface area contributed by atoms with E-state index in [9.17, 15) is 0 Å². The van der Waals surface area contributed by atoms with Crippen LogP contribution in [0.2, 0.25) is 0 Å². The predicted octanol–water partition coefficient (Wildman–Crippen LogP) is 8.21. The summed E-state index contributed by atoms with van der Waals surface area (Å²) in [6.45, 7) is 7.88. The fourth-order valence-electron chi connectivity index (χ4n) is 4.40. The summed E-state index contributed by atoms with van der Waals surface area (Å²) in [6, 6.07) is 10.4. The Morgan fingerprint density at radius 3 is 2.00 bits per heavy atom. The molecule has 0 amide bonds. The molecule has 2 rings (SSSR count). The van der Waals surface area contributed by atoms with E-state index in [0.717, 1.165) is 19.6 Å². The fourth-order valence-corrected chi connectivity index (χ4v) is 4.40. The van der Waals surface area contributed by atoms with Crippen LogP contribution in [-0.4, -0.2) is 28.9 Å². The minimum Gasteiger partial charge on any atom is -0.379 e. The number of unbranched alkanes of at least 4 members (excludes halogenated alkanes) is 11. The summed E-state index contributed by atoms with van der Waals surface area (Å²) in [6.07, 6.45) is 23.3. The maximum Gasteiger partial charge on any atom is 0.0945 e. The van der Waals surface area contributed by atoms with Crippen molar-refractivity contribution in [2.45, 2.75) is 117 Å². The molecule has 1 unspecified atom stereocenters. The van der Waals surface area contributed by atoms with Gasteiger partial charge in [-0.2, -0.15) is 0 Å². The van der Waals surface area contributed by atoms with E-state index in [-0.39, 0.29) is 6.10 Å². The SMILES string of the molecule is CC(C)CC(COCCCCCCCCCCCCCCn1ccnc1)OCc1ccccc1. The van der Waals surface area contributed by atoms with Crippen LogP contribution in [0.3, 0.4) is 0 Å². The molecule has 192 valence electrons. The van der Waals surface area contributed by atoms with Gasteiger partial charge in [-0.05, 0) is 30.7 Å². The van der Waals surface area contributed by atoms with Crippen molar-refractivity contribution in [3.63, 3.8) is 0 Å². The maximum absolute atomic E-state index is 6.15. The van der Waals surface area contributed by atoms with E-state index >= 15 is 0 Å². The molecule has 0 spiro atoms. The highest BCUT2D eigenvalue weighted by Gasteiger charge is 2.12. The van der Waals surface area contributed by atoms with Crippen LogP contribution in [0.15, 0.2) is 49.1 Å². The van der Waals surface area contributed by atoms with Crippen molar-refractivity contribution >= 4 is 0 Å². The second-order valence-electron chi connectivity index (χ2n) is 10.2. The zero-order valence-corrected chi connectivity index (χ0v) is 22.0. The van der Waals surface area contributed by atoms with Crippen molar-refractivity contribution in [2.75, 3.05) is 13.2 Å². The van der Waals surface area contributed by atoms with E-state index in [4.69, 9.17) is 9.47 Å². The van der Waals surface area contributed by atoms with Gasteiger partial charge in [-0.3, -0.25) is 0 Å². The van der Waals surface area contributed by atoms with E-state index in [1.54, 1.807) is 0 Å². The van der Waals surface area contributed by atoms with Crippen LogP contribution in [0.1, 0.15) is 103 Å². The fraction of sp³-hybridized carbons (Fsp3) is 0.700. The third kappa shape index (κ3) is 15.3. The molecule has 1 aromatic carbocycles. The van der Waals surface area contributed by atoms with Gasteiger partial charge in [-0.25, -0.2) is 4.98 Å². The van der Waals surface area contributed by atoms with Gasteiger partial charge in [0.2, 0.25) is 0 Å². The van der Waals surface area contributed by atoms with Gasteiger partial charge in [0, 0.05) is 25.5 Å². The Labute approximate surface area is 209 Å². The largest absolute Gasteiger partial charge is 0.379 e. The molecule has 34 heavy (non-hydrogen) atoms. The van der Waals surface area contributed by atoms with Gasteiger partial charge in [-0.1, -0.05) is 108 Å². The minimum atomic E-state index is 0.192. The zero-order valence-electron chi connectivity index (χ0n) is 22.0. The third-order valence-electron chi connectivity index (χ3n) is 6.38. The van der Waals surface area contributed by atoms with Crippen LogP contribution in [0.25, 0.3) is 0 Å². The average molecular weight is 471 g/mol. The van der Waals surface area contributed by atoms with Crippen molar-refractivity contribution in [2.24, 2.45) is 5.92 Å².